The third-order valence-corrected chi connectivity index (χ3v) is 4.72. The van der Waals surface area contributed by atoms with E-state index in [4.69, 9.17) is 4.74 Å². The fraction of sp³-hybridized carbons (Fsp3) is 0.667. The molecular weight excluding hydrogens is 212 g/mol. The average molecular weight is 232 g/mol. The minimum absolute atomic E-state index is 0.0921. The van der Waals surface area contributed by atoms with Crippen molar-refractivity contribution in [3.05, 3.63) is 23.8 Å². The zero-order valence-electron chi connectivity index (χ0n) is 10.8. The molecule has 3 rings (SSSR count). The van der Waals surface area contributed by atoms with Crippen molar-refractivity contribution in [3.63, 3.8) is 0 Å². The number of fused-ring (bicyclic) bond motifs is 2. The van der Waals surface area contributed by atoms with Crippen molar-refractivity contribution < 1.29 is 9.53 Å². The molecule has 92 valence electrons. The second kappa shape index (κ2) is 3.32. The molecule has 0 aromatic carbocycles. The topological polar surface area (TPSA) is 29.6 Å². The molecule has 0 radical (unpaired) electrons. The van der Waals surface area contributed by atoms with Crippen molar-refractivity contribution in [2.75, 3.05) is 0 Å². The van der Waals surface area contributed by atoms with E-state index in [1.165, 1.54) is 5.57 Å². The summed E-state index contributed by atoms with van der Waals surface area (Å²) in [6.07, 6.45) is 3.97. The van der Waals surface area contributed by atoms with Crippen LogP contribution in [0.15, 0.2) is 23.8 Å². The van der Waals surface area contributed by atoms with Crippen molar-refractivity contribution in [1.29, 1.82) is 0 Å². The number of ether oxygens (including phenoxy) is 1. The first-order valence-corrected chi connectivity index (χ1v) is 6.50. The first-order valence-electron chi connectivity index (χ1n) is 6.50. The van der Waals surface area contributed by atoms with Crippen LogP contribution in [0.4, 0.5) is 0 Å². The highest BCUT2D eigenvalue weighted by Gasteiger charge is 2.71. The Balaban J connectivity index is 1.94. The van der Waals surface area contributed by atoms with Crippen LogP contribution >= 0.6 is 0 Å². The van der Waals surface area contributed by atoms with Gasteiger partial charge in [-0.25, -0.2) is 0 Å². The van der Waals surface area contributed by atoms with Gasteiger partial charge in [-0.05, 0) is 26.2 Å². The Bertz CT molecular complexity index is 430. The first kappa shape index (κ1) is 11.2. The van der Waals surface area contributed by atoms with Gasteiger partial charge >= 0.3 is 0 Å². The van der Waals surface area contributed by atoms with E-state index in [0.29, 0.717) is 18.1 Å². The molecule has 0 bridgehead atoms. The van der Waals surface area contributed by atoms with Crippen LogP contribution in [0, 0.1) is 17.8 Å². The molecule has 3 aliphatic rings. The number of Topliss-reactive ketones (excluding diaryl/α,β-unsaturated/α-hetero) is 1. The fourth-order valence-electron chi connectivity index (χ4n) is 4.01. The Labute approximate surface area is 103 Å². The fourth-order valence-corrected chi connectivity index (χ4v) is 4.01. The van der Waals surface area contributed by atoms with Crippen LogP contribution in [-0.2, 0) is 9.53 Å². The normalized spacial score (nSPS) is 47.5. The molecule has 0 amide bonds. The molecule has 2 nitrogen and oxygen atoms in total. The summed E-state index contributed by atoms with van der Waals surface area (Å²) in [4.78, 5) is 11.9. The lowest BCUT2D eigenvalue weighted by molar-refractivity contribution is -0.120. The maximum Gasteiger partial charge on any atom is 0.140 e. The predicted molar refractivity (Wildman–Crippen MR) is 66.6 cm³/mol. The summed E-state index contributed by atoms with van der Waals surface area (Å²) >= 11 is 0. The van der Waals surface area contributed by atoms with Gasteiger partial charge in [0.05, 0.1) is 0 Å². The van der Waals surface area contributed by atoms with E-state index in [1.807, 2.05) is 0 Å². The SMILES string of the molecule is C=C1CC(=O)[C@H]2C[C@H](C)[C@@]3(O[C@@H]3C=C(C)C)[C@H]12. The second-order valence-corrected chi connectivity index (χ2v) is 6.16. The highest BCUT2D eigenvalue weighted by atomic mass is 16.6. The summed E-state index contributed by atoms with van der Waals surface area (Å²) in [5, 5.41) is 0. The van der Waals surface area contributed by atoms with Crippen molar-refractivity contribution >= 4 is 5.78 Å². The molecule has 1 spiro atoms. The summed E-state index contributed by atoms with van der Waals surface area (Å²) in [5.74, 6) is 1.33. The molecule has 1 aliphatic heterocycles. The van der Waals surface area contributed by atoms with Crippen molar-refractivity contribution in [2.24, 2.45) is 17.8 Å². The molecule has 1 heterocycles. The highest BCUT2D eigenvalue weighted by Crippen LogP contribution is 2.64. The van der Waals surface area contributed by atoms with E-state index >= 15 is 0 Å². The Kier molecular flexibility index (Phi) is 2.19. The van der Waals surface area contributed by atoms with Gasteiger partial charge in [-0.3, -0.25) is 4.79 Å². The molecule has 2 heteroatoms. The molecule has 3 fully saturated rings. The van der Waals surface area contributed by atoms with Gasteiger partial charge in [0, 0.05) is 18.3 Å². The van der Waals surface area contributed by atoms with E-state index in [9.17, 15) is 4.79 Å². The molecule has 17 heavy (non-hydrogen) atoms. The molecular formula is C15H20O2. The lowest BCUT2D eigenvalue weighted by atomic mass is 9.83. The number of ketones is 1. The average Bonchev–Trinajstić information content (AvgIpc) is 2.71. The molecule has 0 aromatic rings. The van der Waals surface area contributed by atoms with E-state index in [-0.39, 0.29) is 23.5 Å². The number of hydrogen-bond donors (Lipinski definition) is 0. The number of allylic oxidation sites excluding steroid dienone is 1. The minimum Gasteiger partial charge on any atom is -0.361 e. The van der Waals surface area contributed by atoms with E-state index in [1.54, 1.807) is 0 Å². The van der Waals surface area contributed by atoms with Crippen LogP contribution in [0.5, 0.6) is 0 Å². The number of carbonyl (C=O) groups is 1. The zero-order chi connectivity index (χ0) is 12.4. The van der Waals surface area contributed by atoms with Gasteiger partial charge in [-0.15, -0.1) is 0 Å². The smallest absolute Gasteiger partial charge is 0.140 e. The third kappa shape index (κ3) is 1.33. The van der Waals surface area contributed by atoms with Crippen LogP contribution in [-0.4, -0.2) is 17.5 Å². The van der Waals surface area contributed by atoms with Gasteiger partial charge in [-0.1, -0.05) is 30.7 Å². The molecule has 2 saturated carbocycles. The molecule has 5 atom stereocenters. The van der Waals surface area contributed by atoms with Crippen LogP contribution < -0.4 is 0 Å². The predicted octanol–water partition coefficient (Wildman–Crippen LogP) is 2.89. The summed E-state index contributed by atoms with van der Waals surface area (Å²) in [7, 11) is 0. The summed E-state index contributed by atoms with van der Waals surface area (Å²) < 4.78 is 6.03. The van der Waals surface area contributed by atoms with Crippen molar-refractivity contribution in [3.8, 4) is 0 Å². The van der Waals surface area contributed by atoms with Crippen molar-refractivity contribution in [1.82, 2.24) is 0 Å². The molecule has 1 saturated heterocycles. The van der Waals surface area contributed by atoms with Gasteiger partial charge in [0.25, 0.3) is 0 Å². The van der Waals surface area contributed by atoms with Crippen LogP contribution in [0.1, 0.15) is 33.6 Å². The summed E-state index contributed by atoms with van der Waals surface area (Å²) in [6.45, 7) is 10.5. The molecule has 0 N–H and O–H groups in total. The van der Waals surface area contributed by atoms with Gasteiger partial charge in [0.15, 0.2) is 0 Å². The lowest BCUT2D eigenvalue weighted by Gasteiger charge is -2.18. The van der Waals surface area contributed by atoms with Gasteiger partial charge < -0.3 is 4.74 Å². The molecule has 0 aromatic heterocycles. The highest BCUT2D eigenvalue weighted by molar-refractivity contribution is 5.88. The Morgan fingerprint density at radius 1 is 1.53 bits per heavy atom. The first-order chi connectivity index (χ1) is 7.96. The third-order valence-electron chi connectivity index (χ3n) is 4.72. The van der Waals surface area contributed by atoms with Crippen LogP contribution in [0.2, 0.25) is 0 Å². The number of rotatable bonds is 1. The number of epoxide rings is 1. The minimum atomic E-state index is -0.0921. The second-order valence-electron chi connectivity index (χ2n) is 6.16. The van der Waals surface area contributed by atoms with Gasteiger partial charge in [0.2, 0.25) is 0 Å². The van der Waals surface area contributed by atoms with E-state index in [0.717, 1.165) is 12.0 Å². The Morgan fingerprint density at radius 2 is 2.24 bits per heavy atom. The number of carbonyl (C=O) groups excluding carboxylic acids is 1. The Morgan fingerprint density at radius 3 is 2.88 bits per heavy atom. The maximum absolute atomic E-state index is 11.9. The van der Waals surface area contributed by atoms with Crippen molar-refractivity contribution in [2.45, 2.75) is 45.3 Å². The Hall–Kier alpha value is -0.890. The summed E-state index contributed by atoms with van der Waals surface area (Å²) in [6, 6.07) is 0. The summed E-state index contributed by atoms with van der Waals surface area (Å²) in [5.41, 5.74) is 2.30. The van der Waals surface area contributed by atoms with Crippen LogP contribution in [0.25, 0.3) is 0 Å². The van der Waals surface area contributed by atoms with Crippen LogP contribution in [0.3, 0.4) is 0 Å². The maximum atomic E-state index is 11.9. The van der Waals surface area contributed by atoms with E-state index < -0.39 is 0 Å². The zero-order valence-corrected chi connectivity index (χ0v) is 10.8. The van der Waals surface area contributed by atoms with Gasteiger partial charge in [0.1, 0.15) is 17.5 Å². The number of hydrogen-bond acceptors (Lipinski definition) is 2. The largest absolute Gasteiger partial charge is 0.361 e. The quantitative estimate of drug-likeness (QED) is 0.514. The molecule has 2 aliphatic carbocycles. The monoisotopic (exact) mass is 232 g/mol. The van der Waals surface area contributed by atoms with Gasteiger partial charge in [-0.2, -0.15) is 0 Å². The molecule has 0 unspecified atom stereocenters. The lowest BCUT2D eigenvalue weighted by Crippen LogP contribution is -2.28. The van der Waals surface area contributed by atoms with E-state index in [2.05, 4.69) is 33.4 Å². The standard InChI is InChI=1S/C15H20O2/c1-8(2)5-13-15(17-13)10(4)7-11-12(16)6-9(3)14(11)15/h5,10-11,13-14H,3,6-7H2,1-2,4H3/t10-,11+,13+,14+,15-/m0/s1.